The molecule has 1 atom stereocenters. The Kier molecular flexibility index (Phi) is 5.64. The van der Waals surface area contributed by atoms with Gasteiger partial charge in [0.25, 0.3) is 0 Å². The van der Waals surface area contributed by atoms with Crippen LogP contribution in [-0.4, -0.2) is 5.11 Å². The van der Waals surface area contributed by atoms with Gasteiger partial charge in [0, 0.05) is 5.56 Å². The first-order valence-corrected chi connectivity index (χ1v) is 8.90. The zero-order valence-electron chi connectivity index (χ0n) is 13.7. The number of hydrogen-bond acceptors (Lipinski definition) is 2. The molecule has 0 aliphatic rings. The lowest BCUT2D eigenvalue weighted by atomic mass is 10.0. The first-order chi connectivity index (χ1) is 12.3. The van der Waals surface area contributed by atoms with E-state index in [2.05, 4.69) is 11.8 Å². The van der Waals surface area contributed by atoms with Crippen LogP contribution in [0.3, 0.4) is 0 Å². The van der Waals surface area contributed by atoms with E-state index in [1.54, 1.807) is 6.08 Å². The van der Waals surface area contributed by atoms with E-state index < -0.39 is 5.60 Å². The fourth-order valence-corrected chi connectivity index (χ4v) is 3.06. The van der Waals surface area contributed by atoms with Crippen LogP contribution in [0.25, 0.3) is 6.08 Å². The molecule has 0 bridgehead atoms. The monoisotopic (exact) mass is 342 g/mol. The third-order valence-electron chi connectivity index (χ3n) is 3.60. The van der Waals surface area contributed by atoms with E-state index in [4.69, 9.17) is 0 Å². The molecule has 0 amide bonds. The highest BCUT2D eigenvalue weighted by atomic mass is 32.1. The number of benzene rings is 2. The maximum atomic E-state index is 11.0. The Bertz CT molecular complexity index is 897. The minimum Gasteiger partial charge on any atom is -0.369 e. The van der Waals surface area contributed by atoms with Gasteiger partial charge in [0.15, 0.2) is 5.60 Å². The lowest BCUT2D eigenvalue weighted by Gasteiger charge is -2.15. The fourth-order valence-electron chi connectivity index (χ4n) is 2.30. The van der Waals surface area contributed by atoms with Gasteiger partial charge in [0.1, 0.15) is 0 Å². The number of allylic oxidation sites excluding steroid dienone is 2. The van der Waals surface area contributed by atoms with Crippen molar-refractivity contribution in [3.63, 3.8) is 0 Å². The van der Waals surface area contributed by atoms with Crippen LogP contribution in [-0.2, 0) is 5.60 Å². The molecule has 1 N–H and O–H groups in total. The van der Waals surface area contributed by atoms with Crippen LogP contribution < -0.4 is 0 Å². The first kappa shape index (κ1) is 17.0. The zero-order valence-corrected chi connectivity index (χ0v) is 14.5. The normalized spacial score (nSPS) is 13.5. The summed E-state index contributed by atoms with van der Waals surface area (Å²) in [5.74, 6) is 6.07. The van der Waals surface area contributed by atoms with Crippen molar-refractivity contribution in [2.45, 2.75) is 5.60 Å². The maximum absolute atomic E-state index is 11.0. The standard InChI is InChI=1S/C23H18OS/c24-23(22-15-9-19-25-22,18-16-21-12-5-2-6-13-21)17-8-7-14-20-10-3-1-4-11-20/h1-15,17,19,24H/b14-7+,17-8+. The van der Waals surface area contributed by atoms with Gasteiger partial charge in [0.2, 0.25) is 0 Å². The van der Waals surface area contributed by atoms with Crippen LogP contribution in [0.1, 0.15) is 16.0 Å². The minimum atomic E-state index is -1.30. The summed E-state index contributed by atoms with van der Waals surface area (Å²) in [6.45, 7) is 0. The van der Waals surface area contributed by atoms with E-state index in [1.165, 1.54) is 11.3 Å². The Hall–Kier alpha value is -2.86. The number of thiophene rings is 1. The van der Waals surface area contributed by atoms with Gasteiger partial charge in [0.05, 0.1) is 4.88 Å². The van der Waals surface area contributed by atoms with Gasteiger partial charge >= 0.3 is 0 Å². The average molecular weight is 342 g/mol. The molecule has 0 fully saturated rings. The molecule has 2 aromatic carbocycles. The molecule has 2 heteroatoms. The summed E-state index contributed by atoms with van der Waals surface area (Å²) >= 11 is 1.49. The summed E-state index contributed by atoms with van der Waals surface area (Å²) in [7, 11) is 0. The zero-order chi connectivity index (χ0) is 17.4. The summed E-state index contributed by atoms with van der Waals surface area (Å²) in [4.78, 5) is 0.806. The van der Waals surface area contributed by atoms with Gasteiger partial charge in [-0.25, -0.2) is 0 Å². The molecule has 0 radical (unpaired) electrons. The first-order valence-electron chi connectivity index (χ1n) is 8.02. The lowest BCUT2D eigenvalue weighted by molar-refractivity contribution is 0.158. The van der Waals surface area contributed by atoms with Crippen LogP contribution in [0.4, 0.5) is 0 Å². The van der Waals surface area contributed by atoms with Crippen molar-refractivity contribution in [3.8, 4) is 11.8 Å². The molecule has 1 unspecified atom stereocenters. The Balaban J connectivity index is 1.84. The Morgan fingerprint density at radius 2 is 1.56 bits per heavy atom. The SMILES string of the molecule is OC(C#Cc1ccccc1)(/C=C/C=C/c1ccccc1)c1cccs1. The molecular weight excluding hydrogens is 324 g/mol. The third-order valence-corrected chi connectivity index (χ3v) is 4.60. The molecule has 0 saturated heterocycles. The van der Waals surface area contributed by atoms with E-state index in [0.29, 0.717) is 0 Å². The molecule has 1 heterocycles. The minimum absolute atomic E-state index is 0.806. The van der Waals surface area contributed by atoms with Crippen molar-refractivity contribution >= 4 is 17.4 Å². The van der Waals surface area contributed by atoms with Gasteiger partial charge in [-0.15, -0.1) is 11.3 Å². The smallest absolute Gasteiger partial charge is 0.179 e. The van der Waals surface area contributed by atoms with Crippen molar-refractivity contribution in [1.82, 2.24) is 0 Å². The predicted molar refractivity (Wildman–Crippen MR) is 106 cm³/mol. The summed E-state index contributed by atoms with van der Waals surface area (Å²) in [6, 6.07) is 23.6. The van der Waals surface area contributed by atoms with Crippen molar-refractivity contribution in [2.75, 3.05) is 0 Å². The van der Waals surface area contributed by atoms with Gasteiger partial charge in [-0.05, 0) is 35.2 Å². The summed E-state index contributed by atoms with van der Waals surface area (Å²) in [5, 5.41) is 13.0. The molecule has 25 heavy (non-hydrogen) atoms. The summed E-state index contributed by atoms with van der Waals surface area (Å²) < 4.78 is 0. The Morgan fingerprint density at radius 3 is 2.24 bits per heavy atom. The quantitative estimate of drug-likeness (QED) is 0.507. The molecule has 0 aliphatic heterocycles. The second kappa shape index (κ2) is 8.30. The molecule has 122 valence electrons. The van der Waals surface area contributed by atoms with Crippen LogP contribution >= 0.6 is 11.3 Å². The van der Waals surface area contributed by atoms with Gasteiger partial charge in [-0.1, -0.05) is 84.7 Å². The van der Waals surface area contributed by atoms with Crippen LogP contribution in [0.5, 0.6) is 0 Å². The number of rotatable bonds is 4. The van der Waals surface area contributed by atoms with Gasteiger partial charge in [-0.2, -0.15) is 0 Å². The van der Waals surface area contributed by atoms with E-state index in [9.17, 15) is 5.11 Å². The summed E-state index contributed by atoms with van der Waals surface area (Å²) in [6.07, 6.45) is 7.48. The number of hydrogen-bond donors (Lipinski definition) is 1. The van der Waals surface area contributed by atoms with Crippen LogP contribution in [0.15, 0.2) is 96.4 Å². The van der Waals surface area contributed by atoms with E-state index in [1.807, 2.05) is 96.4 Å². The topological polar surface area (TPSA) is 20.2 Å². The van der Waals surface area contributed by atoms with Crippen LogP contribution in [0, 0.1) is 11.8 Å². The van der Waals surface area contributed by atoms with Crippen molar-refractivity contribution in [3.05, 3.63) is 112 Å². The molecule has 0 saturated carbocycles. The van der Waals surface area contributed by atoms with Crippen molar-refractivity contribution in [1.29, 1.82) is 0 Å². The molecule has 0 aliphatic carbocycles. The highest BCUT2D eigenvalue weighted by Crippen LogP contribution is 2.27. The Morgan fingerprint density at radius 1 is 0.840 bits per heavy atom. The molecule has 1 nitrogen and oxygen atoms in total. The highest BCUT2D eigenvalue weighted by molar-refractivity contribution is 7.10. The van der Waals surface area contributed by atoms with Gasteiger partial charge in [-0.3, -0.25) is 0 Å². The molecular formula is C23H18OS. The molecule has 0 spiro atoms. The predicted octanol–water partition coefficient (Wildman–Crippen LogP) is 5.26. The van der Waals surface area contributed by atoms with Gasteiger partial charge < -0.3 is 5.11 Å². The third kappa shape index (κ3) is 4.81. The molecule has 3 aromatic rings. The van der Waals surface area contributed by atoms with Crippen LogP contribution in [0.2, 0.25) is 0 Å². The molecule has 1 aromatic heterocycles. The molecule has 3 rings (SSSR count). The van der Waals surface area contributed by atoms with Crippen molar-refractivity contribution in [2.24, 2.45) is 0 Å². The number of aliphatic hydroxyl groups is 1. The summed E-state index contributed by atoms with van der Waals surface area (Å²) in [5.41, 5.74) is 0.693. The second-order valence-corrected chi connectivity index (χ2v) is 6.44. The Labute approximate surface area is 152 Å². The maximum Gasteiger partial charge on any atom is 0.179 e. The van der Waals surface area contributed by atoms with Crippen molar-refractivity contribution < 1.29 is 5.11 Å². The fraction of sp³-hybridized carbons (Fsp3) is 0.0435. The lowest BCUT2D eigenvalue weighted by Crippen LogP contribution is -2.18. The average Bonchev–Trinajstić information content (AvgIpc) is 3.21. The van der Waals surface area contributed by atoms with E-state index in [-0.39, 0.29) is 0 Å². The van der Waals surface area contributed by atoms with E-state index in [0.717, 1.165) is 16.0 Å². The second-order valence-electron chi connectivity index (χ2n) is 5.49. The van der Waals surface area contributed by atoms with E-state index >= 15 is 0 Å². The largest absolute Gasteiger partial charge is 0.369 e. The highest BCUT2D eigenvalue weighted by Gasteiger charge is 2.24.